The topological polar surface area (TPSA) is 3.24 Å². The van der Waals surface area contributed by atoms with E-state index < -0.39 is 11.7 Å². The summed E-state index contributed by atoms with van der Waals surface area (Å²) in [5.41, 5.74) is 0.810. The summed E-state index contributed by atoms with van der Waals surface area (Å²) in [4.78, 5) is 2.44. The van der Waals surface area contributed by atoms with E-state index in [1.165, 1.54) is 12.1 Å². The molecule has 5 heteroatoms. The molecule has 1 aromatic rings. The minimum absolute atomic E-state index is 0.312. The Labute approximate surface area is 128 Å². The number of likely N-dealkylation sites (tertiary alicyclic amines) is 1. The monoisotopic (exact) mass is 317 g/mol. The van der Waals surface area contributed by atoms with Gasteiger partial charge < -0.3 is 4.90 Å². The van der Waals surface area contributed by atoms with E-state index in [0.29, 0.717) is 17.2 Å². The maximum Gasteiger partial charge on any atom is 0.416 e. The standard InChI is InChI=1S/C16H19ClF3N/c17-7-1-8-21-9-6-15(11-21)10-14(15)12-2-4-13(5-3-12)16(18,19)20/h2-5,14H,1,6-11H2/t14?,15-/m0/s1. The van der Waals surface area contributed by atoms with Crippen molar-refractivity contribution in [3.63, 3.8) is 0 Å². The van der Waals surface area contributed by atoms with Crippen molar-refractivity contribution >= 4 is 11.6 Å². The molecule has 21 heavy (non-hydrogen) atoms. The molecule has 0 amide bonds. The summed E-state index contributed by atoms with van der Waals surface area (Å²) in [5, 5.41) is 0. The first-order chi connectivity index (χ1) is 9.94. The molecule has 0 radical (unpaired) electrons. The Morgan fingerprint density at radius 3 is 2.57 bits per heavy atom. The van der Waals surface area contributed by atoms with Gasteiger partial charge in [0.05, 0.1) is 5.56 Å². The Kier molecular flexibility index (Phi) is 3.95. The minimum Gasteiger partial charge on any atom is -0.303 e. The second kappa shape index (κ2) is 5.47. The van der Waals surface area contributed by atoms with Gasteiger partial charge in [0.25, 0.3) is 0 Å². The van der Waals surface area contributed by atoms with E-state index in [9.17, 15) is 13.2 Å². The Hall–Kier alpha value is -0.740. The van der Waals surface area contributed by atoms with Gasteiger partial charge in [-0.2, -0.15) is 13.2 Å². The number of alkyl halides is 4. The van der Waals surface area contributed by atoms with E-state index in [1.54, 1.807) is 12.1 Å². The molecule has 1 saturated carbocycles. The van der Waals surface area contributed by atoms with Crippen molar-refractivity contribution in [2.45, 2.75) is 31.4 Å². The highest BCUT2D eigenvalue weighted by Crippen LogP contribution is 2.64. The van der Waals surface area contributed by atoms with Gasteiger partial charge in [-0.05, 0) is 61.4 Å². The molecule has 1 aromatic carbocycles. The zero-order valence-corrected chi connectivity index (χ0v) is 12.6. The first-order valence-corrected chi connectivity index (χ1v) is 7.94. The SMILES string of the molecule is FC(F)(F)c1ccc(C2C[C@]23CCN(CCCCl)C3)cc1. The lowest BCUT2D eigenvalue weighted by Gasteiger charge is -2.15. The largest absolute Gasteiger partial charge is 0.416 e. The summed E-state index contributed by atoms with van der Waals surface area (Å²) in [7, 11) is 0. The molecule has 1 unspecified atom stereocenters. The van der Waals surface area contributed by atoms with Crippen LogP contribution in [0.5, 0.6) is 0 Å². The molecule has 1 aliphatic carbocycles. The van der Waals surface area contributed by atoms with Gasteiger partial charge in [-0.25, -0.2) is 0 Å². The van der Waals surface area contributed by atoms with Crippen LogP contribution in [0.3, 0.4) is 0 Å². The molecule has 0 N–H and O–H groups in total. The zero-order valence-electron chi connectivity index (χ0n) is 11.8. The molecule has 1 saturated heterocycles. The zero-order chi connectivity index (χ0) is 15.1. The summed E-state index contributed by atoms with van der Waals surface area (Å²) in [5.74, 6) is 1.12. The van der Waals surface area contributed by atoms with E-state index >= 15 is 0 Å². The maximum atomic E-state index is 12.6. The Balaban J connectivity index is 1.63. The molecule has 1 heterocycles. The molecule has 116 valence electrons. The predicted molar refractivity (Wildman–Crippen MR) is 77.6 cm³/mol. The Morgan fingerprint density at radius 2 is 1.95 bits per heavy atom. The fourth-order valence-corrected chi connectivity index (χ4v) is 3.75. The molecule has 2 atom stereocenters. The van der Waals surface area contributed by atoms with Gasteiger partial charge in [0, 0.05) is 12.4 Å². The first kappa shape index (κ1) is 15.2. The lowest BCUT2D eigenvalue weighted by Crippen LogP contribution is -2.22. The smallest absolute Gasteiger partial charge is 0.303 e. The quantitative estimate of drug-likeness (QED) is 0.738. The van der Waals surface area contributed by atoms with Gasteiger partial charge >= 0.3 is 6.18 Å². The van der Waals surface area contributed by atoms with Crippen molar-refractivity contribution in [1.82, 2.24) is 4.90 Å². The van der Waals surface area contributed by atoms with Crippen LogP contribution >= 0.6 is 11.6 Å². The van der Waals surface area contributed by atoms with Crippen LogP contribution in [0.15, 0.2) is 24.3 Å². The summed E-state index contributed by atoms with van der Waals surface area (Å²) in [6.45, 7) is 3.19. The van der Waals surface area contributed by atoms with Gasteiger partial charge in [-0.15, -0.1) is 11.6 Å². The number of halogens is 4. The molecule has 3 rings (SSSR count). The molecular weight excluding hydrogens is 299 g/mol. The summed E-state index contributed by atoms with van der Waals surface area (Å²) >= 11 is 5.72. The van der Waals surface area contributed by atoms with Crippen molar-refractivity contribution in [2.75, 3.05) is 25.5 Å². The van der Waals surface area contributed by atoms with Gasteiger partial charge in [0.2, 0.25) is 0 Å². The third-order valence-electron chi connectivity index (χ3n) is 4.90. The Bertz CT molecular complexity index is 499. The van der Waals surface area contributed by atoms with Crippen LogP contribution in [0.25, 0.3) is 0 Å². The molecule has 1 aliphatic heterocycles. The van der Waals surface area contributed by atoms with Crippen molar-refractivity contribution in [3.8, 4) is 0 Å². The van der Waals surface area contributed by atoms with Gasteiger partial charge in [-0.3, -0.25) is 0 Å². The molecule has 1 spiro atoms. The molecule has 0 aromatic heterocycles. The Morgan fingerprint density at radius 1 is 1.24 bits per heavy atom. The highest BCUT2D eigenvalue weighted by molar-refractivity contribution is 6.17. The van der Waals surface area contributed by atoms with Crippen LogP contribution in [-0.4, -0.2) is 30.4 Å². The number of benzene rings is 1. The van der Waals surface area contributed by atoms with Crippen molar-refractivity contribution in [3.05, 3.63) is 35.4 Å². The van der Waals surface area contributed by atoms with E-state index in [-0.39, 0.29) is 0 Å². The summed E-state index contributed by atoms with van der Waals surface area (Å²) in [6.07, 6.45) is -0.981. The van der Waals surface area contributed by atoms with Crippen LogP contribution in [0.4, 0.5) is 13.2 Å². The number of hydrogen-bond acceptors (Lipinski definition) is 1. The third-order valence-corrected chi connectivity index (χ3v) is 5.17. The molecular formula is C16H19ClF3N. The van der Waals surface area contributed by atoms with Crippen molar-refractivity contribution in [2.24, 2.45) is 5.41 Å². The molecule has 2 fully saturated rings. The van der Waals surface area contributed by atoms with Crippen LogP contribution < -0.4 is 0 Å². The first-order valence-electron chi connectivity index (χ1n) is 7.40. The normalized spacial score (nSPS) is 29.2. The molecule has 2 aliphatic rings. The maximum absolute atomic E-state index is 12.6. The number of rotatable bonds is 4. The van der Waals surface area contributed by atoms with Crippen LogP contribution in [-0.2, 0) is 6.18 Å². The molecule has 0 bridgehead atoms. The fraction of sp³-hybridized carbons (Fsp3) is 0.625. The lowest BCUT2D eigenvalue weighted by atomic mass is 9.97. The van der Waals surface area contributed by atoms with E-state index in [1.807, 2.05) is 0 Å². The van der Waals surface area contributed by atoms with Gasteiger partial charge in [-0.1, -0.05) is 12.1 Å². The fourth-order valence-electron chi connectivity index (χ4n) is 3.63. The van der Waals surface area contributed by atoms with E-state index in [0.717, 1.165) is 44.5 Å². The van der Waals surface area contributed by atoms with Crippen molar-refractivity contribution < 1.29 is 13.2 Å². The van der Waals surface area contributed by atoms with Crippen LogP contribution in [0, 0.1) is 5.41 Å². The van der Waals surface area contributed by atoms with Gasteiger partial charge in [0.15, 0.2) is 0 Å². The molecule has 1 nitrogen and oxygen atoms in total. The number of nitrogens with zero attached hydrogens (tertiary/aromatic N) is 1. The van der Waals surface area contributed by atoms with Crippen LogP contribution in [0.1, 0.15) is 36.3 Å². The second-order valence-electron chi connectivity index (χ2n) is 6.31. The second-order valence-corrected chi connectivity index (χ2v) is 6.69. The summed E-state index contributed by atoms with van der Waals surface area (Å²) in [6, 6.07) is 5.73. The average Bonchev–Trinajstić information content (AvgIpc) is 2.99. The minimum atomic E-state index is -4.24. The predicted octanol–water partition coefficient (Wildman–Crippen LogP) is 4.51. The highest BCUT2D eigenvalue weighted by atomic mass is 35.5. The van der Waals surface area contributed by atoms with Gasteiger partial charge in [0.1, 0.15) is 0 Å². The summed E-state index contributed by atoms with van der Waals surface area (Å²) < 4.78 is 37.7. The number of hydrogen-bond donors (Lipinski definition) is 0. The van der Waals surface area contributed by atoms with Crippen LogP contribution in [0.2, 0.25) is 0 Å². The lowest BCUT2D eigenvalue weighted by molar-refractivity contribution is -0.137. The van der Waals surface area contributed by atoms with E-state index in [2.05, 4.69) is 4.90 Å². The average molecular weight is 318 g/mol. The van der Waals surface area contributed by atoms with E-state index in [4.69, 9.17) is 11.6 Å². The van der Waals surface area contributed by atoms with Crippen molar-refractivity contribution in [1.29, 1.82) is 0 Å². The highest BCUT2D eigenvalue weighted by Gasteiger charge is 2.57. The third kappa shape index (κ3) is 3.07.